The molecule has 0 radical (unpaired) electrons. The van der Waals surface area contributed by atoms with Gasteiger partial charge in [0, 0.05) is 11.5 Å². The molecule has 1 saturated heterocycles. The van der Waals surface area contributed by atoms with Crippen molar-refractivity contribution in [3.63, 3.8) is 0 Å². The predicted octanol–water partition coefficient (Wildman–Crippen LogP) is 0.785. The normalized spacial score (nSPS) is 34.2. The summed E-state index contributed by atoms with van der Waals surface area (Å²) in [5, 5.41) is 18.0. The van der Waals surface area contributed by atoms with Crippen molar-refractivity contribution in [1.29, 1.82) is 0 Å². The number of ether oxygens (including phenoxy) is 1. The van der Waals surface area contributed by atoms with E-state index in [0.717, 1.165) is 4.90 Å². The van der Waals surface area contributed by atoms with Gasteiger partial charge in [0.25, 0.3) is 0 Å². The van der Waals surface area contributed by atoms with Crippen molar-refractivity contribution >= 4 is 12.1 Å². The van der Waals surface area contributed by atoms with Crippen molar-refractivity contribution in [1.82, 2.24) is 4.90 Å². The summed E-state index contributed by atoms with van der Waals surface area (Å²) in [6.07, 6.45) is 1.49. The first kappa shape index (κ1) is 11.9. The predicted molar refractivity (Wildman–Crippen MR) is 57.8 cm³/mol. The van der Waals surface area contributed by atoms with Crippen molar-refractivity contribution in [2.75, 3.05) is 13.2 Å². The molecule has 0 unspecified atom stereocenters. The summed E-state index contributed by atoms with van der Waals surface area (Å²) in [6.45, 7) is 4.33. The third-order valence-corrected chi connectivity index (χ3v) is 3.55. The summed E-state index contributed by atoms with van der Waals surface area (Å²) in [4.78, 5) is 23.1. The molecular weight excluding hydrogens is 226 g/mol. The largest absolute Gasteiger partial charge is 0.480 e. The average Bonchev–Trinajstić information content (AvgIpc) is 2.83. The lowest BCUT2D eigenvalue weighted by Crippen LogP contribution is -2.42. The lowest BCUT2D eigenvalue weighted by molar-refractivity contribution is -0.142. The van der Waals surface area contributed by atoms with Gasteiger partial charge in [-0.1, -0.05) is 6.08 Å². The summed E-state index contributed by atoms with van der Waals surface area (Å²) in [5.41, 5.74) is -0.287. The summed E-state index contributed by atoms with van der Waals surface area (Å²) >= 11 is 0. The molecule has 0 aromatic carbocycles. The maximum absolute atomic E-state index is 11.0. The van der Waals surface area contributed by atoms with Crippen LogP contribution in [0.15, 0.2) is 12.7 Å². The highest BCUT2D eigenvalue weighted by Gasteiger charge is 2.67. The molecule has 3 atom stereocenters. The number of carboxylic acid groups (broad SMARTS) is 2. The quantitative estimate of drug-likeness (QED) is 0.548. The third kappa shape index (κ3) is 1.88. The van der Waals surface area contributed by atoms with Crippen molar-refractivity contribution in [3.8, 4) is 0 Å². The van der Waals surface area contributed by atoms with E-state index >= 15 is 0 Å². The fourth-order valence-corrected chi connectivity index (χ4v) is 2.67. The summed E-state index contributed by atoms with van der Waals surface area (Å²) in [5.74, 6) is -1.08. The topological polar surface area (TPSA) is 87.1 Å². The standard InChI is InChI=1S/C11H15NO5/c1-2-3-17-6-11-4-7(9(13)14)12(10(15)16)8(11)5-11/h2,7-8H,1,3-6H2,(H,13,14)(H,15,16)/t7-,8-,11+/m0/s1. The lowest BCUT2D eigenvalue weighted by Gasteiger charge is -2.20. The van der Waals surface area contributed by atoms with Gasteiger partial charge in [-0.25, -0.2) is 9.59 Å². The Bertz CT molecular complexity index is 369. The molecule has 1 aliphatic carbocycles. The lowest BCUT2D eigenvalue weighted by atomic mass is 10.0. The second-order valence-electron chi connectivity index (χ2n) is 4.63. The minimum absolute atomic E-state index is 0.203. The number of piperidine rings is 1. The zero-order valence-electron chi connectivity index (χ0n) is 9.33. The average molecular weight is 241 g/mol. The highest BCUT2D eigenvalue weighted by atomic mass is 16.5. The number of aliphatic carboxylic acids is 1. The monoisotopic (exact) mass is 241 g/mol. The maximum Gasteiger partial charge on any atom is 0.408 e. The second kappa shape index (κ2) is 4.03. The van der Waals surface area contributed by atoms with Crippen LogP contribution in [0, 0.1) is 5.41 Å². The molecule has 2 aliphatic rings. The SMILES string of the molecule is C=CCOC[C@@]12C[C@@H]1N(C(=O)O)[C@H](C(=O)O)C2. The number of rotatable bonds is 5. The Morgan fingerprint density at radius 1 is 1.47 bits per heavy atom. The van der Waals surface area contributed by atoms with E-state index in [9.17, 15) is 9.59 Å². The Balaban J connectivity index is 2.04. The first-order valence-electron chi connectivity index (χ1n) is 5.44. The Morgan fingerprint density at radius 2 is 2.18 bits per heavy atom. The van der Waals surface area contributed by atoms with E-state index in [1.165, 1.54) is 0 Å². The number of hydrogen-bond donors (Lipinski definition) is 2. The van der Waals surface area contributed by atoms with Crippen LogP contribution >= 0.6 is 0 Å². The molecule has 1 saturated carbocycles. The van der Waals surface area contributed by atoms with Gasteiger partial charge in [-0.05, 0) is 12.8 Å². The summed E-state index contributed by atoms with van der Waals surface area (Å²) in [7, 11) is 0. The molecule has 2 rings (SSSR count). The number of hydrogen-bond acceptors (Lipinski definition) is 3. The minimum Gasteiger partial charge on any atom is -0.480 e. The van der Waals surface area contributed by atoms with Gasteiger partial charge < -0.3 is 14.9 Å². The van der Waals surface area contributed by atoms with Crippen LogP contribution in [0.1, 0.15) is 12.8 Å². The molecule has 2 N–H and O–H groups in total. The zero-order valence-corrected chi connectivity index (χ0v) is 9.33. The molecule has 94 valence electrons. The number of likely N-dealkylation sites (tertiary alicyclic amines) is 1. The molecule has 0 spiro atoms. The van der Waals surface area contributed by atoms with Crippen LogP contribution in [0.4, 0.5) is 4.79 Å². The smallest absolute Gasteiger partial charge is 0.408 e. The Labute approximate surface area is 98.5 Å². The van der Waals surface area contributed by atoms with Gasteiger partial charge in [-0.3, -0.25) is 4.90 Å². The van der Waals surface area contributed by atoms with E-state index in [1.54, 1.807) is 6.08 Å². The highest BCUT2D eigenvalue weighted by molar-refractivity contribution is 5.81. The van der Waals surface area contributed by atoms with Gasteiger partial charge >= 0.3 is 12.1 Å². The second-order valence-corrected chi connectivity index (χ2v) is 4.63. The van der Waals surface area contributed by atoms with Gasteiger partial charge in [-0.2, -0.15) is 0 Å². The van der Waals surface area contributed by atoms with Crippen LogP contribution in [-0.2, 0) is 9.53 Å². The van der Waals surface area contributed by atoms with Crippen LogP contribution in [0.2, 0.25) is 0 Å². The first-order valence-corrected chi connectivity index (χ1v) is 5.44. The molecule has 6 heteroatoms. The van der Waals surface area contributed by atoms with E-state index in [4.69, 9.17) is 14.9 Å². The Kier molecular flexibility index (Phi) is 2.82. The molecule has 1 aliphatic heterocycles. The van der Waals surface area contributed by atoms with E-state index in [-0.39, 0.29) is 11.5 Å². The number of carbonyl (C=O) groups is 2. The summed E-state index contributed by atoms with van der Waals surface area (Å²) in [6, 6.07) is -1.13. The molecule has 0 aromatic rings. The molecule has 2 fully saturated rings. The fourth-order valence-electron chi connectivity index (χ4n) is 2.67. The van der Waals surface area contributed by atoms with Gasteiger partial charge in [0.05, 0.1) is 13.2 Å². The molecule has 0 aromatic heterocycles. The van der Waals surface area contributed by atoms with Crippen LogP contribution in [0.25, 0.3) is 0 Å². The van der Waals surface area contributed by atoms with Crippen molar-refractivity contribution in [3.05, 3.63) is 12.7 Å². The van der Waals surface area contributed by atoms with Crippen LogP contribution < -0.4 is 0 Å². The molecular formula is C11H15NO5. The fraction of sp³-hybridized carbons (Fsp3) is 0.636. The van der Waals surface area contributed by atoms with E-state index in [0.29, 0.717) is 26.1 Å². The van der Waals surface area contributed by atoms with E-state index in [2.05, 4.69) is 6.58 Å². The molecule has 0 bridgehead atoms. The van der Waals surface area contributed by atoms with Crippen LogP contribution in [0.5, 0.6) is 0 Å². The molecule has 1 heterocycles. The van der Waals surface area contributed by atoms with E-state index in [1.807, 2.05) is 0 Å². The first-order chi connectivity index (χ1) is 8.02. The Morgan fingerprint density at radius 3 is 2.65 bits per heavy atom. The minimum atomic E-state index is -1.16. The van der Waals surface area contributed by atoms with Crippen LogP contribution in [0.3, 0.4) is 0 Å². The molecule has 1 amide bonds. The third-order valence-electron chi connectivity index (χ3n) is 3.55. The Hall–Kier alpha value is -1.56. The number of fused-ring (bicyclic) bond motifs is 1. The summed E-state index contributed by atoms with van der Waals surface area (Å²) < 4.78 is 5.34. The zero-order chi connectivity index (χ0) is 12.6. The highest BCUT2D eigenvalue weighted by Crippen LogP contribution is 2.59. The molecule has 17 heavy (non-hydrogen) atoms. The van der Waals surface area contributed by atoms with Gasteiger partial charge in [0.1, 0.15) is 6.04 Å². The van der Waals surface area contributed by atoms with E-state index < -0.39 is 18.1 Å². The van der Waals surface area contributed by atoms with Crippen molar-refractivity contribution < 1.29 is 24.5 Å². The number of nitrogens with zero attached hydrogens (tertiary/aromatic N) is 1. The number of amides is 1. The van der Waals surface area contributed by atoms with Gasteiger partial charge in [0.2, 0.25) is 0 Å². The van der Waals surface area contributed by atoms with Gasteiger partial charge in [0.15, 0.2) is 0 Å². The van der Waals surface area contributed by atoms with Crippen molar-refractivity contribution in [2.24, 2.45) is 5.41 Å². The van der Waals surface area contributed by atoms with Crippen molar-refractivity contribution in [2.45, 2.75) is 24.9 Å². The van der Waals surface area contributed by atoms with Crippen LogP contribution in [-0.4, -0.2) is 52.5 Å². The number of carboxylic acids is 1. The van der Waals surface area contributed by atoms with Gasteiger partial charge in [-0.15, -0.1) is 6.58 Å². The molecule has 6 nitrogen and oxygen atoms in total. The maximum atomic E-state index is 11.0.